The van der Waals surface area contributed by atoms with E-state index in [1.165, 1.54) is 11.0 Å². The molecule has 1 atom stereocenters. The van der Waals surface area contributed by atoms with Gasteiger partial charge in [0.1, 0.15) is 6.04 Å². The third-order valence-corrected chi connectivity index (χ3v) is 2.61. The fourth-order valence-electron chi connectivity index (χ4n) is 1.80. The molecule has 4 heteroatoms. The second kappa shape index (κ2) is 6.10. The van der Waals surface area contributed by atoms with E-state index in [-0.39, 0.29) is 5.91 Å². The molecular weight excluding hydrogens is 206 g/mol. The van der Waals surface area contributed by atoms with Gasteiger partial charge < -0.3 is 10.0 Å². The molecule has 0 aliphatic carbocycles. The summed E-state index contributed by atoms with van der Waals surface area (Å²) in [4.78, 5) is 24.1. The molecule has 1 N–H and O–H groups in total. The van der Waals surface area contributed by atoms with Gasteiger partial charge in [-0.05, 0) is 26.2 Å². The Morgan fingerprint density at radius 3 is 2.69 bits per heavy atom. The summed E-state index contributed by atoms with van der Waals surface area (Å²) >= 11 is 0. The molecule has 0 saturated carbocycles. The number of carbonyl (C=O) groups excluding carboxylic acids is 1. The lowest BCUT2D eigenvalue weighted by Gasteiger charge is -2.32. The number of rotatable bonds is 3. The Kier molecular flexibility index (Phi) is 4.76. The van der Waals surface area contributed by atoms with E-state index in [1.807, 2.05) is 13.0 Å². The number of carboxylic acids is 1. The highest BCUT2D eigenvalue weighted by Crippen LogP contribution is 2.17. The second-order valence-electron chi connectivity index (χ2n) is 3.77. The number of nitrogens with zero attached hydrogens (tertiary/aromatic N) is 1. The lowest BCUT2D eigenvalue weighted by Crippen LogP contribution is -2.47. The van der Waals surface area contributed by atoms with Gasteiger partial charge in [0.2, 0.25) is 5.91 Å². The molecule has 0 aromatic heterocycles. The molecule has 1 aliphatic heterocycles. The number of allylic oxidation sites excluding steroid dienone is 3. The minimum atomic E-state index is -0.910. The maximum atomic E-state index is 11.7. The minimum Gasteiger partial charge on any atom is -0.480 e. The quantitative estimate of drug-likeness (QED) is 0.584. The Morgan fingerprint density at radius 1 is 1.31 bits per heavy atom. The third kappa shape index (κ3) is 3.22. The number of aliphatic carboxylic acids is 1. The molecule has 1 heterocycles. The first kappa shape index (κ1) is 12.5. The predicted octanol–water partition coefficient (Wildman–Crippen LogP) is 1.58. The van der Waals surface area contributed by atoms with Crippen LogP contribution in [0.5, 0.6) is 0 Å². The molecule has 1 aliphatic rings. The Morgan fingerprint density at radius 2 is 2.06 bits per heavy atom. The van der Waals surface area contributed by atoms with Crippen molar-refractivity contribution in [1.29, 1.82) is 0 Å². The highest BCUT2D eigenvalue weighted by atomic mass is 16.4. The smallest absolute Gasteiger partial charge is 0.326 e. The monoisotopic (exact) mass is 223 g/mol. The van der Waals surface area contributed by atoms with Crippen LogP contribution in [0.3, 0.4) is 0 Å². The van der Waals surface area contributed by atoms with Crippen LogP contribution in [0.15, 0.2) is 24.3 Å². The van der Waals surface area contributed by atoms with E-state index in [0.717, 1.165) is 12.8 Å². The molecule has 88 valence electrons. The van der Waals surface area contributed by atoms with Gasteiger partial charge >= 0.3 is 5.97 Å². The first-order valence-electron chi connectivity index (χ1n) is 5.49. The summed E-state index contributed by atoms with van der Waals surface area (Å²) in [6.45, 7) is 2.39. The molecule has 1 rings (SSSR count). The molecule has 0 aromatic rings. The molecule has 1 amide bonds. The van der Waals surface area contributed by atoms with Crippen LogP contribution in [0.2, 0.25) is 0 Å². The van der Waals surface area contributed by atoms with Crippen molar-refractivity contribution >= 4 is 11.9 Å². The van der Waals surface area contributed by atoms with Gasteiger partial charge in [-0.15, -0.1) is 0 Å². The van der Waals surface area contributed by atoms with Crippen LogP contribution in [0.4, 0.5) is 0 Å². The zero-order valence-electron chi connectivity index (χ0n) is 9.43. The SMILES string of the molecule is CC=CC=CC(=O)N1CCCC[C@H]1C(=O)O. The molecule has 16 heavy (non-hydrogen) atoms. The Hall–Kier alpha value is -1.58. The summed E-state index contributed by atoms with van der Waals surface area (Å²) in [7, 11) is 0. The molecule has 1 saturated heterocycles. The number of piperidine rings is 1. The Labute approximate surface area is 95.2 Å². The Balaban J connectivity index is 2.67. The van der Waals surface area contributed by atoms with E-state index < -0.39 is 12.0 Å². The summed E-state index contributed by atoms with van der Waals surface area (Å²) < 4.78 is 0. The highest BCUT2D eigenvalue weighted by Gasteiger charge is 2.30. The van der Waals surface area contributed by atoms with Crippen LogP contribution in [0, 0.1) is 0 Å². The number of carboxylic acid groups (broad SMARTS) is 1. The van der Waals surface area contributed by atoms with E-state index in [0.29, 0.717) is 13.0 Å². The molecule has 0 radical (unpaired) electrons. The number of amides is 1. The van der Waals surface area contributed by atoms with Gasteiger partial charge in [0, 0.05) is 12.6 Å². The number of hydrogen-bond donors (Lipinski definition) is 1. The molecule has 4 nitrogen and oxygen atoms in total. The molecule has 1 fully saturated rings. The van der Waals surface area contributed by atoms with Crippen molar-refractivity contribution in [3.05, 3.63) is 24.3 Å². The molecule has 0 spiro atoms. The van der Waals surface area contributed by atoms with Gasteiger partial charge in [0.25, 0.3) is 0 Å². The highest BCUT2D eigenvalue weighted by molar-refractivity contribution is 5.91. The summed E-state index contributed by atoms with van der Waals surface area (Å²) in [6, 6.07) is -0.656. The number of likely N-dealkylation sites (tertiary alicyclic amines) is 1. The standard InChI is InChI=1S/C12H17NO3/c1-2-3-4-8-11(14)13-9-6-5-7-10(13)12(15)16/h2-4,8,10H,5-7,9H2,1H3,(H,15,16)/t10-/m0/s1. The normalized spacial score (nSPS) is 21.8. The summed E-state index contributed by atoms with van der Waals surface area (Å²) in [5.74, 6) is -1.13. The number of carbonyl (C=O) groups is 2. The van der Waals surface area contributed by atoms with E-state index in [9.17, 15) is 9.59 Å². The largest absolute Gasteiger partial charge is 0.480 e. The van der Waals surface area contributed by atoms with Gasteiger partial charge in [-0.25, -0.2) is 4.79 Å². The van der Waals surface area contributed by atoms with Crippen LogP contribution in [-0.4, -0.2) is 34.5 Å². The summed E-state index contributed by atoms with van der Waals surface area (Å²) in [5, 5.41) is 9.00. The van der Waals surface area contributed by atoms with Crippen molar-refractivity contribution < 1.29 is 14.7 Å². The summed E-state index contributed by atoms with van der Waals surface area (Å²) in [5.41, 5.74) is 0. The van der Waals surface area contributed by atoms with E-state index in [1.54, 1.807) is 12.2 Å². The van der Waals surface area contributed by atoms with Crippen LogP contribution < -0.4 is 0 Å². The summed E-state index contributed by atoms with van der Waals surface area (Å²) in [6.07, 6.45) is 8.92. The van der Waals surface area contributed by atoms with Crippen molar-refractivity contribution in [2.24, 2.45) is 0 Å². The molecular formula is C12H17NO3. The van der Waals surface area contributed by atoms with Gasteiger partial charge in [-0.2, -0.15) is 0 Å². The minimum absolute atomic E-state index is 0.217. The lowest BCUT2D eigenvalue weighted by molar-refractivity contribution is -0.150. The zero-order chi connectivity index (χ0) is 12.0. The van der Waals surface area contributed by atoms with Crippen LogP contribution in [0.1, 0.15) is 26.2 Å². The van der Waals surface area contributed by atoms with Crippen LogP contribution in [-0.2, 0) is 9.59 Å². The van der Waals surface area contributed by atoms with E-state index in [2.05, 4.69) is 0 Å². The van der Waals surface area contributed by atoms with Crippen molar-refractivity contribution in [3.8, 4) is 0 Å². The average molecular weight is 223 g/mol. The van der Waals surface area contributed by atoms with Crippen molar-refractivity contribution in [3.63, 3.8) is 0 Å². The maximum Gasteiger partial charge on any atom is 0.326 e. The predicted molar refractivity (Wildman–Crippen MR) is 60.9 cm³/mol. The molecule has 0 bridgehead atoms. The van der Waals surface area contributed by atoms with Gasteiger partial charge in [-0.1, -0.05) is 18.2 Å². The zero-order valence-corrected chi connectivity index (χ0v) is 9.43. The first-order valence-corrected chi connectivity index (χ1v) is 5.49. The van der Waals surface area contributed by atoms with E-state index in [4.69, 9.17) is 5.11 Å². The molecule has 0 unspecified atom stereocenters. The average Bonchev–Trinajstić information content (AvgIpc) is 2.29. The first-order chi connectivity index (χ1) is 7.66. The number of hydrogen-bond acceptors (Lipinski definition) is 2. The molecule has 0 aromatic carbocycles. The fourth-order valence-corrected chi connectivity index (χ4v) is 1.80. The van der Waals surface area contributed by atoms with Crippen molar-refractivity contribution in [2.75, 3.05) is 6.54 Å². The Bertz CT molecular complexity index is 320. The van der Waals surface area contributed by atoms with E-state index >= 15 is 0 Å². The van der Waals surface area contributed by atoms with Crippen molar-refractivity contribution in [2.45, 2.75) is 32.2 Å². The second-order valence-corrected chi connectivity index (χ2v) is 3.77. The maximum absolute atomic E-state index is 11.7. The lowest BCUT2D eigenvalue weighted by atomic mass is 10.0. The topological polar surface area (TPSA) is 57.6 Å². The van der Waals surface area contributed by atoms with Gasteiger partial charge in [0.15, 0.2) is 0 Å². The van der Waals surface area contributed by atoms with Gasteiger partial charge in [-0.3, -0.25) is 4.79 Å². The third-order valence-electron chi connectivity index (χ3n) is 2.61. The van der Waals surface area contributed by atoms with Crippen molar-refractivity contribution in [1.82, 2.24) is 4.90 Å². The van der Waals surface area contributed by atoms with Crippen LogP contribution in [0.25, 0.3) is 0 Å². The van der Waals surface area contributed by atoms with Gasteiger partial charge in [0.05, 0.1) is 0 Å². The fraction of sp³-hybridized carbons (Fsp3) is 0.500. The van der Waals surface area contributed by atoms with Crippen LogP contribution >= 0.6 is 0 Å².